The van der Waals surface area contributed by atoms with Crippen molar-refractivity contribution < 1.29 is 40.5 Å². The molecule has 0 rings (SSSR count). The minimum absolute atomic E-state index is 0. The van der Waals surface area contributed by atoms with Crippen molar-refractivity contribution in [3.63, 3.8) is 0 Å². The zero-order valence-electron chi connectivity index (χ0n) is 2.08. The van der Waals surface area contributed by atoms with E-state index in [1.807, 2.05) is 0 Å². The number of hydrogen-bond acceptors (Lipinski definition) is 0. The predicted octanol–water partition coefficient (Wildman–Crippen LogP) is 2.58. The van der Waals surface area contributed by atoms with E-state index in [1.165, 1.54) is 0 Å². The van der Waals surface area contributed by atoms with Crippen molar-refractivity contribution in [1.29, 1.82) is 0 Å². The Bertz CT molecular complexity index is 6.85. The Morgan fingerprint density at radius 2 is 0.600 bits per heavy atom. The van der Waals surface area contributed by atoms with Gasteiger partial charge in [0, 0.05) is 21.1 Å². The number of rotatable bonds is 0. The van der Waals surface area contributed by atoms with Crippen LogP contribution in [0.5, 0.6) is 0 Å². The van der Waals surface area contributed by atoms with Crippen molar-refractivity contribution in [2.45, 2.75) is 0 Å². The normalized spacial score (nSPS) is 0. The Morgan fingerprint density at radius 3 is 0.600 bits per heavy atom. The standard InChI is InChI=1S/Mo.3P.Rh/q;3*-3;+3. The molecule has 0 unspecified atom stereocenters. The van der Waals surface area contributed by atoms with Crippen LogP contribution < -0.4 is 0 Å². The molecule has 0 fully saturated rings. The summed E-state index contributed by atoms with van der Waals surface area (Å²) >= 11 is 0. The van der Waals surface area contributed by atoms with E-state index in [-0.39, 0.29) is 70.2 Å². The van der Waals surface area contributed by atoms with Gasteiger partial charge in [0.2, 0.25) is 0 Å². The van der Waals surface area contributed by atoms with Crippen molar-refractivity contribution >= 4 is 29.7 Å². The molecule has 0 aromatic heterocycles. The van der Waals surface area contributed by atoms with Crippen LogP contribution in [-0.2, 0) is 40.5 Å². The van der Waals surface area contributed by atoms with Crippen molar-refractivity contribution in [2.24, 2.45) is 0 Å². The van der Waals surface area contributed by atoms with Gasteiger partial charge in [-0.2, -0.15) is 0 Å². The zero-order chi connectivity index (χ0) is 0. The molecule has 0 aromatic rings. The van der Waals surface area contributed by atoms with E-state index in [0.29, 0.717) is 0 Å². The summed E-state index contributed by atoms with van der Waals surface area (Å²) in [5.74, 6) is 0. The first-order valence-electron chi connectivity index (χ1n) is 0. The summed E-state index contributed by atoms with van der Waals surface area (Å²) in [6.45, 7) is 0. The van der Waals surface area contributed by atoms with E-state index in [1.54, 1.807) is 0 Å². The van der Waals surface area contributed by atoms with Crippen LogP contribution in [0, 0.1) is 0 Å². The van der Waals surface area contributed by atoms with Crippen LogP contribution in [0.3, 0.4) is 0 Å². The van der Waals surface area contributed by atoms with Gasteiger partial charge in [-0.1, -0.05) is 0 Å². The second-order valence-corrected chi connectivity index (χ2v) is 0. The zero-order valence-corrected chi connectivity index (χ0v) is 8.41. The molecule has 0 saturated heterocycles. The van der Waals surface area contributed by atoms with Crippen molar-refractivity contribution in [3.8, 4) is 0 Å². The van der Waals surface area contributed by atoms with Gasteiger partial charge in [0.1, 0.15) is 0 Å². The van der Waals surface area contributed by atoms with Crippen molar-refractivity contribution in [1.82, 2.24) is 0 Å². The summed E-state index contributed by atoms with van der Waals surface area (Å²) in [5, 5.41) is 0. The molecule has 0 spiro atoms. The molecule has 0 saturated carbocycles. The first-order valence-corrected chi connectivity index (χ1v) is 0. The summed E-state index contributed by atoms with van der Waals surface area (Å²) < 4.78 is 0. The second kappa shape index (κ2) is 30.6. The molecule has 0 heterocycles. The summed E-state index contributed by atoms with van der Waals surface area (Å²) in [7, 11) is 0. The molecular formula is MoP3Rh-6. The average molecular weight is 292 g/mol. The maximum Gasteiger partial charge on any atom is 3.00 e. The van der Waals surface area contributed by atoms with Gasteiger partial charge in [0.05, 0.1) is 0 Å². The minimum Gasteiger partial charge on any atom is -3.00 e. The van der Waals surface area contributed by atoms with Gasteiger partial charge in [0.15, 0.2) is 0 Å². The van der Waals surface area contributed by atoms with Gasteiger partial charge in [-0.25, -0.2) is 0 Å². The number of hydrogen-bond donors (Lipinski definition) is 0. The Labute approximate surface area is 69.9 Å². The van der Waals surface area contributed by atoms with E-state index in [4.69, 9.17) is 0 Å². The third-order valence-electron chi connectivity index (χ3n) is 0. The average Bonchev–Trinajstić information content (AvgIpc) is 0. The van der Waals surface area contributed by atoms with Crippen LogP contribution in [0.1, 0.15) is 0 Å². The van der Waals surface area contributed by atoms with Gasteiger partial charge < -0.3 is 29.7 Å². The summed E-state index contributed by atoms with van der Waals surface area (Å²) in [6, 6.07) is 0. The monoisotopic (exact) mass is 294 g/mol. The van der Waals surface area contributed by atoms with E-state index in [0.717, 1.165) is 0 Å². The Morgan fingerprint density at radius 1 is 0.600 bits per heavy atom. The quantitative estimate of drug-likeness (QED) is 0.475. The largest absolute Gasteiger partial charge is 3.00 e. The van der Waals surface area contributed by atoms with E-state index < -0.39 is 0 Å². The molecule has 0 atom stereocenters. The fourth-order valence-electron chi connectivity index (χ4n) is 0. The molecule has 0 radical (unpaired) electrons. The maximum atomic E-state index is 0. The Kier molecular flexibility index (Phi) is 300. The first-order chi connectivity index (χ1) is 0. The second-order valence-electron chi connectivity index (χ2n) is 0. The molecule has 0 aromatic carbocycles. The van der Waals surface area contributed by atoms with Gasteiger partial charge in [-0.15, -0.1) is 0 Å². The molecule has 0 bridgehead atoms. The van der Waals surface area contributed by atoms with Crippen LogP contribution >= 0.6 is 29.7 Å². The van der Waals surface area contributed by atoms with Crippen molar-refractivity contribution in [3.05, 3.63) is 0 Å². The minimum atomic E-state index is 0. The van der Waals surface area contributed by atoms with Crippen LogP contribution in [0.15, 0.2) is 0 Å². The molecule has 0 aliphatic carbocycles. The SMILES string of the molecule is [Mo].[P-3].[P-3].[P-3].[Rh+3]. The molecule has 5 heteroatoms. The first kappa shape index (κ1) is 48.9. The topological polar surface area (TPSA) is 0 Å². The molecule has 0 aliphatic rings. The third kappa shape index (κ3) is 20.7. The summed E-state index contributed by atoms with van der Waals surface area (Å²) in [6.07, 6.45) is 0. The molecule has 0 amide bonds. The van der Waals surface area contributed by atoms with Crippen molar-refractivity contribution in [2.75, 3.05) is 0 Å². The van der Waals surface area contributed by atoms with Gasteiger partial charge >= 0.3 is 19.5 Å². The van der Waals surface area contributed by atoms with Gasteiger partial charge in [-0.3, -0.25) is 0 Å². The van der Waals surface area contributed by atoms with Crippen LogP contribution in [0.25, 0.3) is 0 Å². The van der Waals surface area contributed by atoms with Gasteiger partial charge in [0.25, 0.3) is 0 Å². The molecule has 0 aliphatic heterocycles. The van der Waals surface area contributed by atoms with E-state index >= 15 is 0 Å². The Balaban J connectivity index is 0. The molecule has 36 valence electrons. The molecule has 0 nitrogen and oxygen atoms in total. The van der Waals surface area contributed by atoms with Crippen LogP contribution in [0.2, 0.25) is 0 Å². The maximum absolute atomic E-state index is 0. The molecular weight excluding hydrogens is 292 g/mol. The van der Waals surface area contributed by atoms with E-state index in [2.05, 4.69) is 0 Å². The molecule has 5 heavy (non-hydrogen) atoms. The Hall–Kier alpha value is 2.60. The van der Waals surface area contributed by atoms with Gasteiger partial charge in [-0.05, 0) is 0 Å². The van der Waals surface area contributed by atoms with Crippen LogP contribution in [-0.4, -0.2) is 0 Å². The predicted molar refractivity (Wildman–Crippen MR) is 20.8 cm³/mol. The smallest absolute Gasteiger partial charge is 3.00 e. The fourth-order valence-corrected chi connectivity index (χ4v) is 0. The van der Waals surface area contributed by atoms with E-state index in [9.17, 15) is 0 Å². The fraction of sp³-hybridized carbons (Fsp3) is 0. The van der Waals surface area contributed by atoms with Crippen LogP contribution in [0.4, 0.5) is 0 Å². The molecule has 0 N–H and O–H groups in total. The third-order valence-corrected chi connectivity index (χ3v) is 0. The summed E-state index contributed by atoms with van der Waals surface area (Å²) in [4.78, 5) is 0. The summed E-state index contributed by atoms with van der Waals surface area (Å²) in [5.41, 5.74) is 0.